The van der Waals surface area contributed by atoms with Gasteiger partial charge in [0.1, 0.15) is 0 Å². The molecule has 1 aliphatic rings. The molecule has 0 spiro atoms. The van der Waals surface area contributed by atoms with E-state index in [1.165, 1.54) is 0 Å². The van der Waals surface area contributed by atoms with Crippen molar-refractivity contribution >= 4 is 11.7 Å². The molecule has 0 aromatic heterocycles. The molecule has 0 atom stereocenters. The minimum atomic E-state index is -0.622. The number of rotatable bonds is 0. The smallest absolute Gasteiger partial charge is 0.228 e. The Kier molecular flexibility index (Phi) is 2.94. The molecule has 1 heterocycles. The van der Waals surface area contributed by atoms with E-state index in [1.807, 2.05) is 34.6 Å². The van der Waals surface area contributed by atoms with Crippen molar-refractivity contribution in [3.8, 4) is 0 Å². The lowest BCUT2D eigenvalue weighted by Gasteiger charge is -2.43. The lowest BCUT2D eigenvalue weighted by molar-refractivity contribution is -0.154. The molecule has 1 saturated heterocycles. The van der Waals surface area contributed by atoms with E-state index in [9.17, 15) is 9.59 Å². The fourth-order valence-electron chi connectivity index (χ4n) is 1.89. The second-order valence-corrected chi connectivity index (χ2v) is 5.79. The molecule has 0 bridgehead atoms. The molecule has 15 heavy (non-hydrogen) atoms. The number of carbonyl (C=O) groups is 2. The first-order valence-corrected chi connectivity index (χ1v) is 5.53. The van der Waals surface area contributed by atoms with Crippen LogP contribution in [0, 0.1) is 5.41 Å². The molecule has 1 aliphatic heterocycles. The largest absolute Gasteiger partial charge is 0.330 e. The van der Waals surface area contributed by atoms with E-state index in [1.54, 1.807) is 4.90 Å². The van der Waals surface area contributed by atoms with E-state index < -0.39 is 11.0 Å². The zero-order valence-electron chi connectivity index (χ0n) is 10.4. The van der Waals surface area contributed by atoms with Crippen LogP contribution in [-0.4, -0.2) is 28.7 Å². The molecule has 0 saturated carbocycles. The van der Waals surface area contributed by atoms with Gasteiger partial charge in [-0.15, -0.1) is 0 Å². The maximum absolute atomic E-state index is 12.2. The van der Waals surface area contributed by atoms with Crippen LogP contribution in [0.25, 0.3) is 0 Å². The monoisotopic (exact) mass is 211 g/mol. The van der Waals surface area contributed by atoms with E-state index in [0.717, 1.165) is 6.42 Å². The topological polar surface area (TPSA) is 37.4 Å². The lowest BCUT2D eigenvalue weighted by Crippen LogP contribution is -2.58. The van der Waals surface area contributed by atoms with Gasteiger partial charge < -0.3 is 4.90 Å². The van der Waals surface area contributed by atoms with Crippen molar-refractivity contribution < 1.29 is 9.59 Å². The Bertz CT molecular complexity index is 286. The van der Waals surface area contributed by atoms with Crippen molar-refractivity contribution in [1.82, 2.24) is 4.90 Å². The van der Waals surface area contributed by atoms with Crippen LogP contribution in [0.2, 0.25) is 0 Å². The van der Waals surface area contributed by atoms with Crippen LogP contribution < -0.4 is 0 Å². The molecule has 0 aromatic carbocycles. The van der Waals surface area contributed by atoms with Gasteiger partial charge >= 0.3 is 0 Å². The Balaban J connectivity index is 2.95. The minimum absolute atomic E-state index is 0.0700. The van der Waals surface area contributed by atoms with Crippen LogP contribution in [-0.2, 0) is 9.59 Å². The van der Waals surface area contributed by atoms with Gasteiger partial charge in [-0.05, 0) is 20.3 Å². The van der Waals surface area contributed by atoms with Gasteiger partial charge in [0, 0.05) is 18.4 Å². The normalized spacial score (nSPS) is 21.7. The third kappa shape index (κ3) is 2.21. The van der Waals surface area contributed by atoms with Crippen molar-refractivity contribution in [1.29, 1.82) is 0 Å². The molecule has 0 aliphatic carbocycles. The second-order valence-electron chi connectivity index (χ2n) is 5.79. The van der Waals surface area contributed by atoms with Gasteiger partial charge in [-0.25, -0.2) is 0 Å². The van der Waals surface area contributed by atoms with Crippen LogP contribution >= 0.6 is 0 Å². The predicted molar refractivity (Wildman–Crippen MR) is 59.5 cm³/mol. The average molecular weight is 211 g/mol. The van der Waals surface area contributed by atoms with Gasteiger partial charge in [-0.2, -0.15) is 0 Å². The highest BCUT2D eigenvalue weighted by Gasteiger charge is 2.42. The lowest BCUT2D eigenvalue weighted by atomic mass is 9.85. The SMILES string of the molecule is CC(C)(C)C(=O)N1CCCC(=O)C1(C)C. The van der Waals surface area contributed by atoms with Crippen LogP contribution in [0.3, 0.4) is 0 Å². The number of Topliss-reactive ketones (excluding diaryl/α,β-unsaturated/α-hetero) is 1. The van der Waals surface area contributed by atoms with E-state index in [2.05, 4.69) is 0 Å². The number of piperidine rings is 1. The number of hydrogen-bond acceptors (Lipinski definition) is 2. The quantitative estimate of drug-likeness (QED) is 0.614. The second kappa shape index (κ2) is 3.62. The van der Waals surface area contributed by atoms with Crippen LogP contribution in [0.5, 0.6) is 0 Å². The van der Waals surface area contributed by atoms with Crippen LogP contribution in [0.1, 0.15) is 47.5 Å². The third-order valence-electron chi connectivity index (χ3n) is 3.03. The van der Waals surface area contributed by atoms with Gasteiger partial charge in [0.15, 0.2) is 5.78 Å². The Labute approximate surface area is 91.8 Å². The summed E-state index contributed by atoms with van der Waals surface area (Å²) >= 11 is 0. The maximum Gasteiger partial charge on any atom is 0.228 e. The average Bonchev–Trinajstić information content (AvgIpc) is 2.07. The summed E-state index contributed by atoms with van der Waals surface area (Å²) in [5, 5.41) is 0. The Morgan fingerprint density at radius 3 is 2.33 bits per heavy atom. The summed E-state index contributed by atoms with van der Waals surface area (Å²) < 4.78 is 0. The first kappa shape index (κ1) is 12.2. The molecule has 3 nitrogen and oxygen atoms in total. The van der Waals surface area contributed by atoms with Gasteiger partial charge in [-0.1, -0.05) is 20.8 Å². The van der Waals surface area contributed by atoms with E-state index in [0.29, 0.717) is 13.0 Å². The Morgan fingerprint density at radius 2 is 1.87 bits per heavy atom. The summed E-state index contributed by atoms with van der Waals surface area (Å²) in [5.41, 5.74) is -1.03. The van der Waals surface area contributed by atoms with Crippen LogP contribution in [0.15, 0.2) is 0 Å². The van der Waals surface area contributed by atoms with Gasteiger partial charge in [0.05, 0.1) is 5.54 Å². The molecule has 0 aromatic rings. The fourth-order valence-corrected chi connectivity index (χ4v) is 1.89. The summed E-state index contributed by atoms with van der Waals surface area (Å²) in [7, 11) is 0. The zero-order valence-corrected chi connectivity index (χ0v) is 10.4. The standard InChI is InChI=1S/C12H21NO2/c1-11(2,3)10(15)13-8-6-7-9(14)12(13,4)5/h6-8H2,1-5H3. The first-order chi connectivity index (χ1) is 6.67. The molecule has 86 valence electrons. The molecule has 0 radical (unpaired) electrons. The Morgan fingerprint density at radius 1 is 1.33 bits per heavy atom. The third-order valence-corrected chi connectivity index (χ3v) is 3.03. The van der Waals surface area contributed by atoms with E-state index in [-0.39, 0.29) is 11.7 Å². The van der Waals surface area contributed by atoms with Gasteiger partial charge in [0.2, 0.25) is 5.91 Å². The number of nitrogens with zero attached hydrogens (tertiary/aromatic N) is 1. The summed E-state index contributed by atoms with van der Waals surface area (Å²) in [5.74, 6) is 0.243. The van der Waals surface area contributed by atoms with Gasteiger partial charge in [-0.3, -0.25) is 9.59 Å². The predicted octanol–water partition coefficient (Wildman–Crippen LogP) is 2.00. The summed E-state index contributed by atoms with van der Waals surface area (Å²) in [6.45, 7) is 10.1. The summed E-state index contributed by atoms with van der Waals surface area (Å²) in [6.07, 6.45) is 1.39. The highest BCUT2D eigenvalue weighted by atomic mass is 16.2. The van der Waals surface area contributed by atoms with Gasteiger partial charge in [0.25, 0.3) is 0 Å². The molecule has 1 rings (SSSR count). The molecule has 1 amide bonds. The number of carbonyl (C=O) groups excluding carboxylic acids is 2. The molecular weight excluding hydrogens is 190 g/mol. The number of hydrogen-bond donors (Lipinski definition) is 0. The first-order valence-electron chi connectivity index (χ1n) is 5.53. The number of amides is 1. The zero-order chi connectivity index (χ0) is 11.9. The van der Waals surface area contributed by atoms with Crippen molar-refractivity contribution in [3.05, 3.63) is 0 Å². The Hall–Kier alpha value is -0.860. The molecule has 0 N–H and O–H groups in total. The van der Waals surface area contributed by atoms with Crippen molar-refractivity contribution in [2.24, 2.45) is 5.41 Å². The number of likely N-dealkylation sites (tertiary alicyclic amines) is 1. The highest BCUT2D eigenvalue weighted by molar-refractivity contribution is 5.94. The summed E-state index contributed by atoms with van der Waals surface area (Å²) in [6, 6.07) is 0. The molecule has 1 fully saturated rings. The minimum Gasteiger partial charge on any atom is -0.330 e. The molecular formula is C12H21NO2. The fraction of sp³-hybridized carbons (Fsp3) is 0.833. The van der Waals surface area contributed by atoms with Crippen molar-refractivity contribution in [3.63, 3.8) is 0 Å². The summed E-state index contributed by atoms with van der Waals surface area (Å²) in [4.78, 5) is 25.7. The van der Waals surface area contributed by atoms with Crippen molar-refractivity contribution in [2.75, 3.05) is 6.54 Å². The molecule has 3 heteroatoms. The van der Waals surface area contributed by atoms with E-state index >= 15 is 0 Å². The van der Waals surface area contributed by atoms with Crippen molar-refractivity contribution in [2.45, 2.75) is 53.0 Å². The van der Waals surface area contributed by atoms with Crippen LogP contribution in [0.4, 0.5) is 0 Å². The molecule has 0 unspecified atom stereocenters. The maximum atomic E-state index is 12.2. The van der Waals surface area contributed by atoms with E-state index in [4.69, 9.17) is 0 Å². The highest BCUT2D eigenvalue weighted by Crippen LogP contribution is 2.29. The number of ketones is 1.